The van der Waals surface area contributed by atoms with Gasteiger partial charge in [0.05, 0.1) is 11.9 Å². The average Bonchev–Trinajstić information content (AvgIpc) is 2.00. The molecule has 0 spiro atoms. The normalized spacial score (nSPS) is 27.3. The van der Waals surface area contributed by atoms with Crippen LogP contribution in [0.25, 0.3) is 0 Å². The van der Waals surface area contributed by atoms with Gasteiger partial charge in [0.1, 0.15) is 0 Å². The second-order valence-corrected chi connectivity index (χ2v) is 6.23. The predicted octanol–water partition coefficient (Wildman–Crippen LogP) is -0.0759. The van der Waals surface area contributed by atoms with Crippen molar-refractivity contribution in [1.82, 2.24) is 5.32 Å². The summed E-state index contributed by atoms with van der Waals surface area (Å²) in [7, 11) is -2.85. The molecule has 1 aliphatic carbocycles. The first kappa shape index (κ1) is 11.9. The Morgan fingerprint density at radius 3 is 2.50 bits per heavy atom. The van der Waals surface area contributed by atoms with Crippen LogP contribution in [0.15, 0.2) is 0 Å². The minimum atomic E-state index is -2.85. The highest BCUT2D eigenvalue weighted by Gasteiger charge is 2.26. The molecule has 0 radical (unpaired) electrons. The van der Waals surface area contributed by atoms with E-state index in [0.717, 1.165) is 12.8 Å². The third kappa shape index (κ3) is 3.94. The van der Waals surface area contributed by atoms with Crippen molar-refractivity contribution in [1.29, 1.82) is 0 Å². The maximum Gasteiger partial charge on any atom is 0.151 e. The zero-order valence-corrected chi connectivity index (χ0v) is 9.39. The van der Waals surface area contributed by atoms with Gasteiger partial charge in [-0.15, -0.1) is 0 Å². The molecule has 1 aliphatic rings. The Hall–Kier alpha value is -0.130. The molecule has 0 aromatic carbocycles. The number of rotatable bonds is 6. The van der Waals surface area contributed by atoms with Crippen molar-refractivity contribution in [2.24, 2.45) is 0 Å². The summed E-state index contributed by atoms with van der Waals surface area (Å²) in [6.07, 6.45) is 2.02. The molecule has 14 heavy (non-hydrogen) atoms. The molecular weight excluding hydrogens is 202 g/mol. The zero-order chi connectivity index (χ0) is 10.6. The Morgan fingerprint density at radius 2 is 2.00 bits per heavy atom. The molecule has 1 fully saturated rings. The van der Waals surface area contributed by atoms with E-state index in [1.807, 2.05) is 6.92 Å². The average molecular weight is 221 g/mol. The minimum absolute atomic E-state index is 0.181. The molecule has 0 amide bonds. The first-order chi connectivity index (χ1) is 6.53. The van der Waals surface area contributed by atoms with Gasteiger partial charge in [-0.05, 0) is 19.3 Å². The Bertz CT molecular complexity index is 257. The standard InChI is InChI=1S/C9H19NO3S/c1-2-4-14(12,13)5-3-10-8-6-9(11)7-8/h8-11H,2-7H2,1H3. The van der Waals surface area contributed by atoms with Crippen molar-refractivity contribution in [3.8, 4) is 0 Å². The van der Waals surface area contributed by atoms with Gasteiger partial charge in [0.25, 0.3) is 0 Å². The predicted molar refractivity (Wildman–Crippen MR) is 56.0 cm³/mol. The zero-order valence-electron chi connectivity index (χ0n) is 8.57. The first-order valence-electron chi connectivity index (χ1n) is 5.15. The lowest BCUT2D eigenvalue weighted by Crippen LogP contribution is -2.45. The second kappa shape index (κ2) is 5.09. The molecule has 2 N–H and O–H groups in total. The van der Waals surface area contributed by atoms with Gasteiger partial charge in [0, 0.05) is 18.3 Å². The molecule has 0 atom stereocenters. The number of aliphatic hydroxyl groups is 1. The topological polar surface area (TPSA) is 66.4 Å². The van der Waals surface area contributed by atoms with E-state index >= 15 is 0 Å². The van der Waals surface area contributed by atoms with E-state index in [1.165, 1.54) is 0 Å². The molecule has 0 heterocycles. The van der Waals surface area contributed by atoms with Crippen LogP contribution in [0, 0.1) is 0 Å². The summed E-state index contributed by atoms with van der Waals surface area (Å²) >= 11 is 0. The largest absolute Gasteiger partial charge is 0.393 e. The van der Waals surface area contributed by atoms with Crippen molar-refractivity contribution in [2.45, 2.75) is 38.3 Å². The fraction of sp³-hybridized carbons (Fsp3) is 1.00. The van der Waals surface area contributed by atoms with Gasteiger partial charge in [-0.3, -0.25) is 0 Å². The highest BCUT2D eigenvalue weighted by atomic mass is 32.2. The maximum atomic E-state index is 11.3. The van der Waals surface area contributed by atoms with Gasteiger partial charge in [-0.25, -0.2) is 8.42 Å². The van der Waals surface area contributed by atoms with E-state index in [9.17, 15) is 8.42 Å². The number of hydrogen-bond acceptors (Lipinski definition) is 4. The number of nitrogens with one attached hydrogen (secondary N) is 1. The van der Waals surface area contributed by atoms with Crippen molar-refractivity contribution in [3.63, 3.8) is 0 Å². The summed E-state index contributed by atoms with van der Waals surface area (Å²) in [4.78, 5) is 0. The molecule has 5 heteroatoms. The quantitative estimate of drug-likeness (QED) is 0.658. The molecule has 1 rings (SSSR count). The highest BCUT2D eigenvalue weighted by Crippen LogP contribution is 2.18. The van der Waals surface area contributed by atoms with Crippen LogP contribution in [-0.2, 0) is 9.84 Å². The van der Waals surface area contributed by atoms with Gasteiger partial charge < -0.3 is 10.4 Å². The van der Waals surface area contributed by atoms with Crippen molar-refractivity contribution in [2.75, 3.05) is 18.1 Å². The Kier molecular flexibility index (Phi) is 4.34. The smallest absolute Gasteiger partial charge is 0.151 e. The van der Waals surface area contributed by atoms with E-state index in [-0.39, 0.29) is 17.6 Å². The van der Waals surface area contributed by atoms with Gasteiger partial charge in [0.15, 0.2) is 9.84 Å². The monoisotopic (exact) mass is 221 g/mol. The van der Waals surface area contributed by atoms with E-state index in [2.05, 4.69) is 5.32 Å². The summed E-state index contributed by atoms with van der Waals surface area (Å²) in [5.41, 5.74) is 0. The van der Waals surface area contributed by atoms with Crippen LogP contribution in [0.1, 0.15) is 26.2 Å². The van der Waals surface area contributed by atoms with Crippen LogP contribution in [0.3, 0.4) is 0 Å². The van der Waals surface area contributed by atoms with Gasteiger partial charge >= 0.3 is 0 Å². The fourth-order valence-electron chi connectivity index (χ4n) is 1.59. The summed E-state index contributed by atoms with van der Waals surface area (Å²) in [5.74, 6) is 0.495. The lowest BCUT2D eigenvalue weighted by atomic mass is 9.90. The summed E-state index contributed by atoms with van der Waals surface area (Å²) in [5, 5.41) is 12.1. The third-order valence-electron chi connectivity index (χ3n) is 2.47. The number of sulfone groups is 1. The number of hydrogen-bond donors (Lipinski definition) is 2. The molecule has 0 bridgehead atoms. The van der Waals surface area contributed by atoms with Crippen LogP contribution in [0.4, 0.5) is 0 Å². The van der Waals surface area contributed by atoms with Crippen molar-refractivity contribution < 1.29 is 13.5 Å². The molecule has 0 aromatic rings. The molecule has 84 valence electrons. The lowest BCUT2D eigenvalue weighted by molar-refractivity contribution is 0.0635. The van der Waals surface area contributed by atoms with Crippen LogP contribution in [-0.4, -0.2) is 43.7 Å². The fourth-order valence-corrected chi connectivity index (χ4v) is 2.84. The minimum Gasteiger partial charge on any atom is -0.393 e. The van der Waals surface area contributed by atoms with E-state index < -0.39 is 9.84 Å². The van der Waals surface area contributed by atoms with Gasteiger partial charge in [-0.2, -0.15) is 0 Å². The Morgan fingerprint density at radius 1 is 1.36 bits per heavy atom. The molecular formula is C9H19NO3S. The Labute approximate surface area is 85.6 Å². The van der Waals surface area contributed by atoms with Gasteiger partial charge in [0.2, 0.25) is 0 Å². The molecule has 1 saturated carbocycles. The Balaban J connectivity index is 2.09. The van der Waals surface area contributed by atoms with Crippen LogP contribution < -0.4 is 5.32 Å². The summed E-state index contributed by atoms with van der Waals surface area (Å²) in [6, 6.07) is 0.321. The summed E-state index contributed by atoms with van der Waals surface area (Å²) in [6.45, 7) is 2.38. The number of aliphatic hydroxyl groups excluding tert-OH is 1. The molecule has 4 nitrogen and oxygen atoms in total. The second-order valence-electron chi connectivity index (χ2n) is 3.93. The van der Waals surface area contributed by atoms with Crippen LogP contribution in [0.2, 0.25) is 0 Å². The van der Waals surface area contributed by atoms with Crippen molar-refractivity contribution in [3.05, 3.63) is 0 Å². The van der Waals surface area contributed by atoms with E-state index in [0.29, 0.717) is 19.0 Å². The summed E-state index contributed by atoms with van der Waals surface area (Å²) < 4.78 is 22.6. The third-order valence-corrected chi connectivity index (χ3v) is 4.33. The lowest BCUT2D eigenvalue weighted by Gasteiger charge is -2.32. The first-order valence-corrected chi connectivity index (χ1v) is 6.97. The van der Waals surface area contributed by atoms with E-state index in [1.54, 1.807) is 0 Å². The molecule has 0 saturated heterocycles. The molecule has 0 unspecified atom stereocenters. The SMILES string of the molecule is CCCS(=O)(=O)CCNC1CC(O)C1. The van der Waals surface area contributed by atoms with Crippen LogP contribution >= 0.6 is 0 Å². The highest BCUT2D eigenvalue weighted by molar-refractivity contribution is 7.91. The molecule has 0 aromatic heterocycles. The molecule has 0 aliphatic heterocycles. The maximum absolute atomic E-state index is 11.3. The van der Waals surface area contributed by atoms with Crippen molar-refractivity contribution >= 4 is 9.84 Å². The van der Waals surface area contributed by atoms with Gasteiger partial charge in [-0.1, -0.05) is 6.92 Å². The van der Waals surface area contributed by atoms with E-state index in [4.69, 9.17) is 5.11 Å². The van der Waals surface area contributed by atoms with Crippen LogP contribution in [0.5, 0.6) is 0 Å².